The monoisotopic (exact) mass is 471 g/mol. The van der Waals surface area contributed by atoms with Gasteiger partial charge in [-0.25, -0.2) is 0 Å². The van der Waals surface area contributed by atoms with E-state index in [1.165, 1.54) is 0 Å². The molecule has 2 aromatic rings. The molecule has 2 atom stereocenters. The minimum atomic E-state index is -0.646. The summed E-state index contributed by atoms with van der Waals surface area (Å²) in [5, 5.41) is 3.02. The molecule has 2 amide bonds. The van der Waals surface area contributed by atoms with Crippen molar-refractivity contribution >= 4 is 39.1 Å². The smallest absolute Gasteiger partial charge is 0.239 e. The van der Waals surface area contributed by atoms with E-state index in [1.807, 2.05) is 43.3 Å². The van der Waals surface area contributed by atoms with Gasteiger partial charge in [0.15, 0.2) is 0 Å². The summed E-state index contributed by atoms with van der Waals surface area (Å²) in [6, 6.07) is 15.7. The Hall–Kier alpha value is -2.38. The summed E-state index contributed by atoms with van der Waals surface area (Å²) in [6.45, 7) is 5.78. The molecule has 2 aromatic carbocycles. The highest BCUT2D eigenvalue weighted by atomic mass is 79.9. The summed E-state index contributed by atoms with van der Waals surface area (Å²) in [5.41, 5.74) is 2.99. The first kappa shape index (κ1) is 20.9. The van der Waals surface area contributed by atoms with Gasteiger partial charge < -0.3 is 19.9 Å². The zero-order valence-electron chi connectivity index (χ0n) is 17.0. The molecule has 2 unspecified atom stereocenters. The number of para-hydroxylation sites is 1. The average Bonchev–Trinajstić information content (AvgIpc) is 3.16. The topological polar surface area (TPSA) is 61.9 Å². The molecule has 0 aliphatic carbocycles. The lowest BCUT2D eigenvalue weighted by Gasteiger charge is -2.29. The lowest BCUT2D eigenvalue weighted by Crippen LogP contribution is -2.38. The molecule has 6 nitrogen and oxygen atoms in total. The molecule has 2 saturated heterocycles. The van der Waals surface area contributed by atoms with Gasteiger partial charge in [-0.2, -0.15) is 0 Å². The van der Waals surface area contributed by atoms with Crippen molar-refractivity contribution in [2.45, 2.75) is 19.4 Å². The number of anilines is 2. The molecular formula is C23H26BrN3O3. The van der Waals surface area contributed by atoms with E-state index in [0.717, 1.165) is 47.7 Å². The van der Waals surface area contributed by atoms with Crippen LogP contribution in [0.5, 0.6) is 0 Å². The first-order valence-corrected chi connectivity index (χ1v) is 11.1. The molecule has 2 heterocycles. The molecule has 2 aliphatic rings. The maximum Gasteiger partial charge on any atom is 0.239 e. The number of carbonyl (C=O) groups excluding carboxylic acids is 2. The van der Waals surface area contributed by atoms with Crippen LogP contribution in [0.4, 0.5) is 11.4 Å². The van der Waals surface area contributed by atoms with Gasteiger partial charge in [-0.05, 0) is 59.1 Å². The fourth-order valence-corrected chi connectivity index (χ4v) is 4.52. The maximum absolute atomic E-state index is 12.9. The predicted molar refractivity (Wildman–Crippen MR) is 121 cm³/mol. The van der Waals surface area contributed by atoms with Crippen molar-refractivity contribution in [1.82, 2.24) is 5.32 Å². The summed E-state index contributed by atoms with van der Waals surface area (Å²) < 4.78 is 6.26. The Bertz CT molecular complexity index is 912. The Morgan fingerprint density at radius 2 is 1.80 bits per heavy atom. The Morgan fingerprint density at radius 3 is 2.50 bits per heavy atom. The van der Waals surface area contributed by atoms with Crippen molar-refractivity contribution in [3.63, 3.8) is 0 Å². The van der Waals surface area contributed by atoms with Crippen LogP contribution in [0.15, 0.2) is 53.0 Å². The summed E-state index contributed by atoms with van der Waals surface area (Å²) in [6.07, 6.45) is 0.523. The van der Waals surface area contributed by atoms with E-state index in [1.54, 1.807) is 4.90 Å². The Balaban J connectivity index is 1.37. The van der Waals surface area contributed by atoms with Gasteiger partial charge >= 0.3 is 0 Å². The van der Waals surface area contributed by atoms with Crippen LogP contribution in [0.3, 0.4) is 0 Å². The van der Waals surface area contributed by atoms with Crippen molar-refractivity contribution in [3.05, 3.63) is 58.6 Å². The van der Waals surface area contributed by atoms with Gasteiger partial charge in [0.2, 0.25) is 11.8 Å². The second kappa shape index (κ2) is 9.18. The van der Waals surface area contributed by atoms with Crippen LogP contribution in [0.25, 0.3) is 0 Å². The van der Waals surface area contributed by atoms with Crippen molar-refractivity contribution in [2.24, 2.45) is 5.92 Å². The second-order valence-electron chi connectivity index (χ2n) is 7.70. The number of rotatable bonds is 5. The van der Waals surface area contributed by atoms with Gasteiger partial charge in [-0.15, -0.1) is 0 Å². The molecule has 2 fully saturated rings. The van der Waals surface area contributed by atoms with Gasteiger partial charge in [-0.3, -0.25) is 9.59 Å². The highest BCUT2D eigenvalue weighted by Gasteiger charge is 2.38. The molecule has 0 spiro atoms. The second-order valence-corrected chi connectivity index (χ2v) is 8.56. The fraction of sp³-hybridized carbons (Fsp3) is 0.391. The number of hydrogen-bond acceptors (Lipinski definition) is 4. The summed E-state index contributed by atoms with van der Waals surface area (Å²) in [5.74, 6) is -0.999. The van der Waals surface area contributed by atoms with Crippen LogP contribution < -0.4 is 15.1 Å². The van der Waals surface area contributed by atoms with E-state index < -0.39 is 5.92 Å². The first-order valence-electron chi connectivity index (χ1n) is 10.3. The molecule has 0 radical (unpaired) electrons. The molecular weight excluding hydrogens is 446 g/mol. The Morgan fingerprint density at radius 1 is 1.10 bits per heavy atom. The van der Waals surface area contributed by atoms with Crippen LogP contribution in [-0.4, -0.2) is 44.7 Å². The maximum atomic E-state index is 12.9. The van der Waals surface area contributed by atoms with Gasteiger partial charge in [0.25, 0.3) is 0 Å². The number of nitrogens with one attached hydrogen (secondary N) is 1. The van der Waals surface area contributed by atoms with Gasteiger partial charge in [0.05, 0.1) is 24.9 Å². The van der Waals surface area contributed by atoms with Gasteiger partial charge in [0.1, 0.15) is 5.92 Å². The van der Waals surface area contributed by atoms with Crippen molar-refractivity contribution < 1.29 is 14.3 Å². The Kier molecular flexibility index (Phi) is 6.39. The third-order valence-electron chi connectivity index (χ3n) is 5.79. The van der Waals surface area contributed by atoms with E-state index in [0.29, 0.717) is 13.0 Å². The van der Waals surface area contributed by atoms with E-state index in [2.05, 4.69) is 38.3 Å². The number of carbonyl (C=O) groups is 2. The third-order valence-corrected chi connectivity index (χ3v) is 6.46. The van der Waals surface area contributed by atoms with Crippen molar-refractivity contribution in [1.29, 1.82) is 0 Å². The number of ether oxygens (including phenoxy) is 1. The number of halogens is 1. The van der Waals surface area contributed by atoms with E-state index in [4.69, 9.17) is 4.74 Å². The van der Waals surface area contributed by atoms with Crippen LogP contribution in [0, 0.1) is 5.92 Å². The average molecular weight is 472 g/mol. The van der Waals surface area contributed by atoms with Crippen LogP contribution in [0.1, 0.15) is 24.9 Å². The van der Waals surface area contributed by atoms with Crippen molar-refractivity contribution in [3.8, 4) is 0 Å². The lowest BCUT2D eigenvalue weighted by atomic mass is 10.0. The number of amides is 2. The third kappa shape index (κ3) is 4.37. The molecule has 30 heavy (non-hydrogen) atoms. The van der Waals surface area contributed by atoms with E-state index in [-0.39, 0.29) is 17.9 Å². The normalized spacial score (nSPS) is 20.3. The molecule has 0 bridgehead atoms. The lowest BCUT2D eigenvalue weighted by molar-refractivity contribution is -0.132. The molecule has 0 saturated carbocycles. The van der Waals surface area contributed by atoms with Gasteiger partial charge in [-0.1, -0.05) is 24.3 Å². The minimum Gasteiger partial charge on any atom is -0.378 e. The summed E-state index contributed by atoms with van der Waals surface area (Å²) in [4.78, 5) is 29.7. The SMILES string of the molecule is CC(NC(=O)C1CCN(c2ccccc2Br)C1=O)c1ccc(N2CCOCC2)cc1. The van der Waals surface area contributed by atoms with Crippen LogP contribution in [0.2, 0.25) is 0 Å². The van der Waals surface area contributed by atoms with E-state index >= 15 is 0 Å². The summed E-state index contributed by atoms with van der Waals surface area (Å²) in [7, 11) is 0. The number of nitrogens with zero attached hydrogens (tertiary/aromatic N) is 2. The molecule has 158 valence electrons. The standard InChI is InChI=1S/C23H26BrN3O3/c1-16(17-6-8-18(9-7-17)26-12-14-30-15-13-26)25-22(28)19-10-11-27(23(19)29)21-5-3-2-4-20(21)24/h2-9,16,19H,10-15H2,1H3,(H,25,28). The molecule has 0 aromatic heterocycles. The highest BCUT2D eigenvalue weighted by molar-refractivity contribution is 9.10. The zero-order valence-corrected chi connectivity index (χ0v) is 18.6. The quantitative estimate of drug-likeness (QED) is 0.677. The number of morpholine rings is 1. The highest BCUT2D eigenvalue weighted by Crippen LogP contribution is 2.31. The number of hydrogen-bond donors (Lipinski definition) is 1. The minimum absolute atomic E-state index is 0.144. The van der Waals surface area contributed by atoms with Crippen LogP contribution >= 0.6 is 15.9 Å². The van der Waals surface area contributed by atoms with Crippen molar-refractivity contribution in [2.75, 3.05) is 42.6 Å². The van der Waals surface area contributed by atoms with Crippen LogP contribution in [-0.2, 0) is 14.3 Å². The first-order chi connectivity index (χ1) is 14.5. The molecule has 7 heteroatoms. The fourth-order valence-electron chi connectivity index (χ4n) is 4.03. The number of benzene rings is 2. The molecule has 2 aliphatic heterocycles. The Labute approximate surface area is 185 Å². The predicted octanol–water partition coefficient (Wildman–Crippen LogP) is 3.52. The van der Waals surface area contributed by atoms with Gasteiger partial charge in [0, 0.05) is 29.8 Å². The molecule has 4 rings (SSSR count). The molecule has 1 N–H and O–H groups in total. The summed E-state index contributed by atoms with van der Waals surface area (Å²) >= 11 is 3.49. The largest absolute Gasteiger partial charge is 0.378 e. The van der Waals surface area contributed by atoms with E-state index in [9.17, 15) is 9.59 Å². The zero-order chi connectivity index (χ0) is 21.1.